The second-order valence-corrected chi connectivity index (χ2v) is 4.18. The molecule has 9 heteroatoms. The van der Waals surface area contributed by atoms with Crippen LogP contribution in [0.1, 0.15) is 22.0 Å². The van der Waals surface area contributed by atoms with Gasteiger partial charge < -0.3 is 15.2 Å². The number of nitro groups is 1. The van der Waals surface area contributed by atoms with Gasteiger partial charge in [-0.3, -0.25) is 20.8 Å². The number of aryl methyl sites for hydroxylation is 1. The van der Waals surface area contributed by atoms with Gasteiger partial charge in [0, 0.05) is 11.8 Å². The Morgan fingerprint density at radius 2 is 2.29 bits per heavy atom. The number of carbonyl (C=O) groups is 1. The first kappa shape index (κ1) is 14.5. The Bertz CT molecular complexity index is 682. The van der Waals surface area contributed by atoms with Crippen LogP contribution in [0.25, 0.3) is 0 Å². The molecule has 0 radical (unpaired) electrons. The fourth-order valence-electron chi connectivity index (χ4n) is 1.70. The second kappa shape index (κ2) is 6.01. The van der Waals surface area contributed by atoms with Gasteiger partial charge in [-0.15, -0.1) is 0 Å². The van der Waals surface area contributed by atoms with E-state index < -0.39 is 10.8 Å². The van der Waals surface area contributed by atoms with Crippen LogP contribution >= 0.6 is 0 Å². The summed E-state index contributed by atoms with van der Waals surface area (Å²) < 4.78 is 5.20. The molecule has 2 aromatic rings. The zero-order chi connectivity index (χ0) is 15.4. The highest BCUT2D eigenvalue weighted by atomic mass is 16.6. The number of nitro benzene ring substituents is 1. The van der Waals surface area contributed by atoms with Crippen molar-refractivity contribution in [3.63, 3.8) is 0 Å². The minimum absolute atomic E-state index is 0.0319. The molecule has 21 heavy (non-hydrogen) atoms. The van der Waals surface area contributed by atoms with Crippen LogP contribution in [0.2, 0.25) is 0 Å². The Hall–Kier alpha value is -2.94. The van der Waals surface area contributed by atoms with Crippen molar-refractivity contribution < 1.29 is 14.1 Å². The van der Waals surface area contributed by atoms with Crippen molar-refractivity contribution in [1.29, 1.82) is 0 Å². The van der Waals surface area contributed by atoms with Gasteiger partial charge >= 0.3 is 0 Å². The molecule has 0 aliphatic rings. The van der Waals surface area contributed by atoms with Gasteiger partial charge in [0.1, 0.15) is 11.3 Å². The van der Waals surface area contributed by atoms with E-state index in [2.05, 4.69) is 15.7 Å². The normalized spacial score (nSPS) is 10.2. The molecule has 1 aromatic heterocycles. The number of amides is 1. The Morgan fingerprint density at radius 1 is 1.52 bits per heavy atom. The van der Waals surface area contributed by atoms with E-state index in [-0.39, 0.29) is 17.8 Å². The maximum absolute atomic E-state index is 12.1. The highest BCUT2D eigenvalue weighted by Crippen LogP contribution is 2.22. The Morgan fingerprint density at radius 3 is 2.86 bits per heavy atom. The first-order chi connectivity index (χ1) is 10.0. The summed E-state index contributed by atoms with van der Waals surface area (Å²) in [5.41, 5.74) is 2.31. The number of rotatable bonds is 5. The predicted molar refractivity (Wildman–Crippen MR) is 73.3 cm³/mol. The Kier molecular flexibility index (Phi) is 4.14. The molecule has 0 saturated heterocycles. The zero-order valence-electron chi connectivity index (χ0n) is 11.1. The number of hydrazine groups is 1. The molecule has 0 bridgehead atoms. The lowest BCUT2D eigenvalue weighted by Gasteiger charge is -2.06. The maximum atomic E-state index is 12.1. The monoisotopic (exact) mass is 291 g/mol. The average Bonchev–Trinajstić information content (AvgIpc) is 2.89. The van der Waals surface area contributed by atoms with Gasteiger partial charge in [-0.2, -0.15) is 0 Å². The number of anilines is 1. The number of hydrogen-bond acceptors (Lipinski definition) is 7. The number of benzene rings is 1. The van der Waals surface area contributed by atoms with Gasteiger partial charge in [-0.1, -0.05) is 0 Å². The highest BCUT2D eigenvalue weighted by Gasteiger charge is 2.20. The van der Waals surface area contributed by atoms with Crippen molar-refractivity contribution >= 4 is 17.3 Å². The van der Waals surface area contributed by atoms with Gasteiger partial charge in [0.05, 0.1) is 17.7 Å². The van der Waals surface area contributed by atoms with Crippen molar-refractivity contribution in [3.8, 4) is 0 Å². The molecule has 0 saturated carbocycles. The van der Waals surface area contributed by atoms with Gasteiger partial charge in [0.2, 0.25) is 5.89 Å². The van der Waals surface area contributed by atoms with Crippen LogP contribution in [0.3, 0.4) is 0 Å². The molecule has 1 aromatic carbocycles. The van der Waals surface area contributed by atoms with E-state index in [9.17, 15) is 14.9 Å². The third-order valence-corrected chi connectivity index (χ3v) is 2.67. The molecule has 4 N–H and O–H groups in total. The molecular formula is C12H13N5O4. The molecule has 2 rings (SSSR count). The molecule has 0 fully saturated rings. The lowest BCUT2D eigenvalue weighted by molar-refractivity contribution is -0.385. The SMILES string of the molecule is Cc1cnc(CNC(=O)c2cc(NN)ccc2[N+](=O)[O-])o1. The first-order valence-electron chi connectivity index (χ1n) is 5.96. The molecule has 110 valence electrons. The fraction of sp³-hybridized carbons (Fsp3) is 0.167. The lowest BCUT2D eigenvalue weighted by Crippen LogP contribution is -2.24. The smallest absolute Gasteiger partial charge is 0.282 e. The van der Waals surface area contributed by atoms with E-state index in [1.165, 1.54) is 24.4 Å². The molecule has 1 heterocycles. The first-order valence-corrected chi connectivity index (χ1v) is 5.96. The van der Waals surface area contributed by atoms with E-state index in [4.69, 9.17) is 10.3 Å². The van der Waals surface area contributed by atoms with Crippen molar-refractivity contribution in [1.82, 2.24) is 10.3 Å². The summed E-state index contributed by atoms with van der Waals surface area (Å²) in [6, 6.07) is 3.92. The quantitative estimate of drug-likeness (QED) is 0.426. The number of oxazole rings is 1. The van der Waals surface area contributed by atoms with Crippen LogP contribution < -0.4 is 16.6 Å². The van der Waals surface area contributed by atoms with E-state index >= 15 is 0 Å². The zero-order valence-corrected chi connectivity index (χ0v) is 11.1. The molecule has 1 amide bonds. The van der Waals surface area contributed by atoms with Crippen LogP contribution in [-0.4, -0.2) is 15.8 Å². The molecule has 0 atom stereocenters. The number of carbonyl (C=O) groups excluding carboxylic acids is 1. The van der Waals surface area contributed by atoms with Crippen LogP contribution in [0.5, 0.6) is 0 Å². The predicted octanol–water partition coefficient (Wildman–Crippen LogP) is 1.11. The van der Waals surface area contributed by atoms with E-state index in [0.29, 0.717) is 17.3 Å². The minimum Gasteiger partial charge on any atom is -0.444 e. The summed E-state index contributed by atoms with van der Waals surface area (Å²) in [5.74, 6) is 5.55. The second-order valence-electron chi connectivity index (χ2n) is 4.18. The number of nitrogens with zero attached hydrogens (tertiary/aromatic N) is 2. The topological polar surface area (TPSA) is 136 Å². The van der Waals surface area contributed by atoms with Crippen molar-refractivity contribution in [2.24, 2.45) is 5.84 Å². The summed E-state index contributed by atoms with van der Waals surface area (Å²) in [5, 5.41) is 13.5. The van der Waals surface area contributed by atoms with Gasteiger partial charge in [0.25, 0.3) is 11.6 Å². The number of hydrogen-bond donors (Lipinski definition) is 3. The number of nitrogen functional groups attached to an aromatic ring is 1. The third kappa shape index (κ3) is 3.34. The van der Waals surface area contributed by atoms with Crippen LogP contribution in [0.15, 0.2) is 28.8 Å². The Labute approximate surface area is 119 Å². The summed E-state index contributed by atoms with van der Waals surface area (Å²) in [4.78, 5) is 26.3. The molecule has 0 unspecified atom stereocenters. The van der Waals surface area contributed by atoms with Crippen molar-refractivity contribution in [2.75, 3.05) is 5.43 Å². The Balaban J connectivity index is 2.19. The lowest BCUT2D eigenvalue weighted by atomic mass is 10.1. The van der Waals surface area contributed by atoms with Gasteiger partial charge in [-0.05, 0) is 19.1 Å². The van der Waals surface area contributed by atoms with Crippen LogP contribution in [0.4, 0.5) is 11.4 Å². The summed E-state index contributed by atoms with van der Waals surface area (Å²) in [6.45, 7) is 1.75. The molecular weight excluding hydrogens is 278 g/mol. The minimum atomic E-state index is -0.634. The fourth-order valence-corrected chi connectivity index (χ4v) is 1.70. The molecule has 0 spiro atoms. The number of aromatic nitrogens is 1. The largest absolute Gasteiger partial charge is 0.444 e. The standard InChI is InChI=1S/C12H13N5O4/c1-7-5-14-11(21-7)6-15-12(18)9-4-8(16-13)2-3-10(9)17(19)20/h2-5,16H,6,13H2,1H3,(H,15,18). The van der Waals surface area contributed by atoms with E-state index in [0.717, 1.165) is 0 Å². The van der Waals surface area contributed by atoms with Crippen LogP contribution in [-0.2, 0) is 6.54 Å². The van der Waals surface area contributed by atoms with Crippen molar-refractivity contribution in [3.05, 3.63) is 51.7 Å². The number of nitrogens with two attached hydrogens (primary N) is 1. The molecule has 9 nitrogen and oxygen atoms in total. The van der Waals surface area contributed by atoms with Gasteiger partial charge in [-0.25, -0.2) is 4.98 Å². The van der Waals surface area contributed by atoms with Gasteiger partial charge in [0.15, 0.2) is 0 Å². The van der Waals surface area contributed by atoms with E-state index in [1.54, 1.807) is 6.92 Å². The summed E-state index contributed by atoms with van der Waals surface area (Å²) in [7, 11) is 0. The molecule has 0 aliphatic carbocycles. The third-order valence-electron chi connectivity index (χ3n) is 2.67. The highest BCUT2D eigenvalue weighted by molar-refractivity contribution is 5.99. The molecule has 0 aliphatic heterocycles. The summed E-state index contributed by atoms with van der Waals surface area (Å²) >= 11 is 0. The summed E-state index contributed by atoms with van der Waals surface area (Å²) in [6.07, 6.45) is 1.52. The maximum Gasteiger partial charge on any atom is 0.282 e. The van der Waals surface area contributed by atoms with Crippen molar-refractivity contribution in [2.45, 2.75) is 13.5 Å². The van der Waals surface area contributed by atoms with Crippen LogP contribution in [0, 0.1) is 17.0 Å². The number of nitrogens with one attached hydrogen (secondary N) is 2. The van der Waals surface area contributed by atoms with E-state index in [1.807, 2.05) is 0 Å². The average molecular weight is 291 g/mol.